The second-order valence-corrected chi connectivity index (χ2v) is 13.5. The molecule has 39 heavy (non-hydrogen) atoms. The number of carbonyl (C=O) groups is 3. The van der Waals surface area contributed by atoms with Gasteiger partial charge >= 0.3 is 0 Å². The molecule has 1 heterocycles. The predicted octanol–water partition coefficient (Wildman–Crippen LogP) is 3.22. The van der Waals surface area contributed by atoms with Crippen LogP contribution in [-0.4, -0.2) is 54.4 Å². The molecule has 0 bridgehead atoms. The van der Waals surface area contributed by atoms with Gasteiger partial charge in [0.05, 0.1) is 4.75 Å². The molecule has 3 fully saturated rings. The van der Waals surface area contributed by atoms with Crippen LogP contribution in [0.2, 0.25) is 0 Å². The van der Waals surface area contributed by atoms with E-state index in [1.54, 1.807) is 24.0 Å². The maximum atomic E-state index is 13.7. The third-order valence-electron chi connectivity index (χ3n) is 8.09. The first-order chi connectivity index (χ1) is 18.5. The number of unbranched alkanes of at least 4 members (excludes halogenated alkanes) is 3. The number of allylic oxidation sites excluding steroid dienone is 2. The molecule has 4 rings (SSSR count). The number of nitrogens with one attached hydrogen (secondary N) is 2. The number of sulfonamides is 1. The van der Waals surface area contributed by atoms with Gasteiger partial charge in [0, 0.05) is 18.2 Å². The van der Waals surface area contributed by atoms with E-state index in [9.17, 15) is 27.2 Å². The number of nitrogens with zero attached hydrogens (tertiary/aromatic N) is 1. The molecule has 3 aliphatic rings. The molecule has 0 spiro atoms. The van der Waals surface area contributed by atoms with Gasteiger partial charge < -0.3 is 16.0 Å². The number of hydrogen-bond donors (Lipinski definition) is 3. The van der Waals surface area contributed by atoms with Crippen molar-refractivity contribution in [3.63, 3.8) is 0 Å². The maximum Gasteiger partial charge on any atom is 0.245 e. The first kappa shape index (κ1) is 29.0. The molecule has 214 valence electrons. The van der Waals surface area contributed by atoms with E-state index in [1.165, 1.54) is 12.1 Å². The topological polar surface area (TPSA) is 139 Å². The molecule has 11 heteroatoms. The fourth-order valence-electron chi connectivity index (χ4n) is 5.13. The van der Waals surface area contributed by atoms with Gasteiger partial charge in [-0.05, 0) is 82.4 Å². The van der Waals surface area contributed by atoms with Gasteiger partial charge in [-0.1, -0.05) is 31.1 Å². The minimum Gasteiger partial charge on any atom is -0.374 e. The Balaban J connectivity index is 1.21. The Labute approximate surface area is 229 Å². The zero-order valence-electron chi connectivity index (χ0n) is 22.4. The minimum absolute atomic E-state index is 0.0725. The molecule has 1 aromatic carbocycles. The first-order valence-corrected chi connectivity index (χ1v) is 15.3. The number of halogens is 1. The number of primary amides is 1. The van der Waals surface area contributed by atoms with Gasteiger partial charge in [0.25, 0.3) is 0 Å². The summed E-state index contributed by atoms with van der Waals surface area (Å²) >= 11 is 0. The van der Waals surface area contributed by atoms with Crippen molar-refractivity contribution in [2.45, 2.75) is 88.0 Å². The Morgan fingerprint density at radius 2 is 2.00 bits per heavy atom. The SMILES string of the molecule is CC1(S(=O)(=O)NC(=O)[C@H]2C[C@H]2/C=C\CCCCC[C@H](Nc2cccc(F)c2)C(=O)N2CCC[C@H]2C(N)=O)CC1. The van der Waals surface area contributed by atoms with Gasteiger partial charge in [0.15, 0.2) is 0 Å². The molecule has 2 aliphatic carbocycles. The second-order valence-electron chi connectivity index (χ2n) is 11.3. The van der Waals surface area contributed by atoms with Crippen LogP contribution in [0.3, 0.4) is 0 Å². The highest BCUT2D eigenvalue weighted by atomic mass is 32.2. The average molecular weight is 563 g/mol. The van der Waals surface area contributed by atoms with Crippen molar-refractivity contribution in [2.24, 2.45) is 17.6 Å². The van der Waals surface area contributed by atoms with Crippen molar-refractivity contribution >= 4 is 33.4 Å². The molecule has 4 atom stereocenters. The lowest BCUT2D eigenvalue weighted by Crippen LogP contribution is -2.49. The van der Waals surface area contributed by atoms with Crippen molar-refractivity contribution in [2.75, 3.05) is 11.9 Å². The van der Waals surface area contributed by atoms with Crippen LogP contribution in [0.5, 0.6) is 0 Å². The lowest BCUT2D eigenvalue weighted by molar-refractivity contribution is -0.138. The molecule has 2 saturated carbocycles. The normalized spacial score (nSPS) is 24.4. The zero-order valence-corrected chi connectivity index (χ0v) is 23.2. The number of nitrogens with two attached hydrogens (primary N) is 1. The molecule has 0 aromatic heterocycles. The average Bonchev–Trinajstić information content (AvgIpc) is 3.77. The van der Waals surface area contributed by atoms with Crippen LogP contribution in [0.25, 0.3) is 0 Å². The van der Waals surface area contributed by atoms with Gasteiger partial charge in [0.1, 0.15) is 17.9 Å². The molecule has 3 amide bonds. The van der Waals surface area contributed by atoms with Crippen LogP contribution >= 0.6 is 0 Å². The van der Waals surface area contributed by atoms with Crippen LogP contribution in [-0.2, 0) is 24.4 Å². The van der Waals surface area contributed by atoms with Gasteiger partial charge in [-0.15, -0.1) is 0 Å². The quantitative estimate of drug-likeness (QED) is 0.235. The molecule has 9 nitrogen and oxygen atoms in total. The maximum absolute atomic E-state index is 13.7. The molecule has 1 aromatic rings. The van der Waals surface area contributed by atoms with Crippen molar-refractivity contribution in [1.82, 2.24) is 9.62 Å². The largest absolute Gasteiger partial charge is 0.374 e. The summed E-state index contributed by atoms with van der Waals surface area (Å²) in [6.45, 7) is 2.14. The van der Waals surface area contributed by atoms with Crippen LogP contribution < -0.4 is 15.8 Å². The summed E-state index contributed by atoms with van der Waals surface area (Å²) in [5.74, 6) is -1.72. The van der Waals surface area contributed by atoms with E-state index in [2.05, 4.69) is 10.0 Å². The van der Waals surface area contributed by atoms with Crippen molar-refractivity contribution in [1.29, 1.82) is 0 Å². The molecule has 0 radical (unpaired) electrons. The van der Waals surface area contributed by atoms with E-state index in [4.69, 9.17) is 5.73 Å². The van der Waals surface area contributed by atoms with Gasteiger partial charge in [0.2, 0.25) is 27.7 Å². The number of likely N-dealkylation sites (tertiary alicyclic amines) is 1. The number of amides is 3. The highest BCUT2D eigenvalue weighted by Crippen LogP contribution is 2.44. The van der Waals surface area contributed by atoms with E-state index < -0.39 is 44.5 Å². The number of hydrogen-bond acceptors (Lipinski definition) is 6. The van der Waals surface area contributed by atoms with Crippen LogP contribution in [0.15, 0.2) is 36.4 Å². The molecular weight excluding hydrogens is 523 g/mol. The van der Waals surface area contributed by atoms with Crippen LogP contribution in [0, 0.1) is 17.7 Å². The van der Waals surface area contributed by atoms with E-state index in [0.717, 1.165) is 32.1 Å². The first-order valence-electron chi connectivity index (χ1n) is 13.9. The third-order valence-corrected chi connectivity index (χ3v) is 10.3. The Hall–Kier alpha value is -2.95. The fraction of sp³-hybridized carbons (Fsp3) is 0.607. The monoisotopic (exact) mass is 562 g/mol. The minimum atomic E-state index is -3.60. The summed E-state index contributed by atoms with van der Waals surface area (Å²) in [4.78, 5) is 39.0. The summed E-state index contributed by atoms with van der Waals surface area (Å²) in [5.41, 5.74) is 6.01. The predicted molar refractivity (Wildman–Crippen MR) is 146 cm³/mol. The smallest absolute Gasteiger partial charge is 0.245 e. The number of benzene rings is 1. The third kappa shape index (κ3) is 7.38. The lowest BCUT2D eigenvalue weighted by Gasteiger charge is -2.28. The van der Waals surface area contributed by atoms with E-state index in [0.29, 0.717) is 44.3 Å². The van der Waals surface area contributed by atoms with E-state index >= 15 is 0 Å². The van der Waals surface area contributed by atoms with Gasteiger partial charge in [-0.2, -0.15) is 0 Å². The van der Waals surface area contributed by atoms with Gasteiger partial charge in [-0.3, -0.25) is 19.1 Å². The number of carbonyl (C=O) groups excluding carboxylic acids is 3. The second kappa shape index (κ2) is 12.1. The Bertz CT molecular complexity index is 1220. The molecule has 1 saturated heterocycles. The summed E-state index contributed by atoms with van der Waals surface area (Å²) < 4.78 is 39.6. The van der Waals surface area contributed by atoms with Crippen molar-refractivity contribution in [3.05, 3.63) is 42.2 Å². The van der Waals surface area contributed by atoms with Gasteiger partial charge in [-0.25, -0.2) is 12.8 Å². The molecule has 0 unspecified atom stereocenters. The highest BCUT2D eigenvalue weighted by molar-refractivity contribution is 7.91. The summed E-state index contributed by atoms with van der Waals surface area (Å²) in [7, 11) is -3.60. The van der Waals surface area contributed by atoms with E-state index in [-0.39, 0.29) is 17.7 Å². The van der Waals surface area contributed by atoms with Crippen LogP contribution in [0.1, 0.15) is 71.1 Å². The summed E-state index contributed by atoms with van der Waals surface area (Å²) in [6, 6.07) is 4.76. The molecule has 4 N–H and O–H groups in total. The molecular formula is C28H39FN4O5S. The Morgan fingerprint density at radius 3 is 2.69 bits per heavy atom. The number of anilines is 1. The standard InChI is InChI=1S/C28H39FN4O5S/c1-28(14-15-28)39(37,38)32-26(35)22-17-19(22)9-5-3-2-4-6-12-23(31-21-11-7-10-20(29)18-21)27(36)33-16-8-13-24(33)25(30)34/h5,7,9-11,18-19,22-24,31H,2-4,6,8,12-17H2,1H3,(H2,30,34)(H,32,35)/b9-5-/t19-,22+,23+,24+/m1/s1. The van der Waals surface area contributed by atoms with Crippen molar-refractivity contribution in [3.8, 4) is 0 Å². The summed E-state index contributed by atoms with van der Waals surface area (Å²) in [6.07, 6.45) is 11.0. The van der Waals surface area contributed by atoms with Crippen molar-refractivity contribution < 1.29 is 27.2 Å². The highest BCUT2D eigenvalue weighted by Gasteiger charge is 2.52. The number of rotatable bonds is 14. The fourth-order valence-corrected chi connectivity index (χ4v) is 6.43. The van der Waals surface area contributed by atoms with Crippen LogP contribution in [0.4, 0.5) is 10.1 Å². The Kier molecular flexibility index (Phi) is 8.98. The Morgan fingerprint density at radius 1 is 1.23 bits per heavy atom. The molecule has 1 aliphatic heterocycles. The van der Waals surface area contributed by atoms with E-state index in [1.807, 2.05) is 12.2 Å². The zero-order chi connectivity index (χ0) is 28.2. The lowest BCUT2D eigenvalue weighted by atomic mass is 10.0. The summed E-state index contributed by atoms with van der Waals surface area (Å²) in [5, 5.41) is 3.15.